The van der Waals surface area contributed by atoms with Crippen molar-refractivity contribution < 1.29 is 18.9 Å². The zero-order valence-corrected chi connectivity index (χ0v) is 12.7. The summed E-state index contributed by atoms with van der Waals surface area (Å²) in [4.78, 5) is 0. The van der Waals surface area contributed by atoms with Gasteiger partial charge in [-0.25, -0.2) is 0 Å². The van der Waals surface area contributed by atoms with Crippen LogP contribution in [0.4, 0.5) is 0 Å². The van der Waals surface area contributed by atoms with Crippen LogP contribution >= 0.6 is 0 Å². The number of ether oxygens (including phenoxy) is 4. The minimum atomic E-state index is -0.768. The van der Waals surface area contributed by atoms with Gasteiger partial charge in [-0.3, -0.25) is 0 Å². The molecule has 0 N–H and O–H groups in total. The number of fused-ring (bicyclic) bond motifs is 4. The SMILES string of the molecule is COc1ccc2c(c1)OC1c3ccccc3COC1(OC)C2. The average molecular weight is 298 g/mol. The minimum absolute atomic E-state index is 0.276. The van der Waals surface area contributed by atoms with E-state index in [4.69, 9.17) is 18.9 Å². The summed E-state index contributed by atoms with van der Waals surface area (Å²) in [6.45, 7) is 0.537. The van der Waals surface area contributed by atoms with E-state index in [1.54, 1.807) is 14.2 Å². The van der Waals surface area contributed by atoms with Crippen molar-refractivity contribution in [2.75, 3.05) is 14.2 Å². The Morgan fingerprint density at radius 3 is 2.77 bits per heavy atom. The van der Waals surface area contributed by atoms with E-state index in [0.29, 0.717) is 13.0 Å². The second-order valence-electron chi connectivity index (χ2n) is 5.65. The molecule has 2 aliphatic heterocycles. The first-order valence-corrected chi connectivity index (χ1v) is 7.36. The van der Waals surface area contributed by atoms with Gasteiger partial charge in [-0.2, -0.15) is 0 Å². The first-order chi connectivity index (χ1) is 10.8. The largest absolute Gasteiger partial charge is 0.497 e. The van der Waals surface area contributed by atoms with Gasteiger partial charge < -0.3 is 18.9 Å². The Hall–Kier alpha value is -2.04. The monoisotopic (exact) mass is 298 g/mol. The summed E-state index contributed by atoms with van der Waals surface area (Å²) in [7, 11) is 3.34. The third-order valence-corrected chi connectivity index (χ3v) is 4.51. The molecule has 0 saturated carbocycles. The van der Waals surface area contributed by atoms with Gasteiger partial charge in [0.1, 0.15) is 11.5 Å². The molecule has 0 bridgehead atoms. The molecule has 114 valence electrons. The van der Waals surface area contributed by atoms with Gasteiger partial charge in [-0.05, 0) is 17.2 Å². The molecule has 0 spiro atoms. The van der Waals surface area contributed by atoms with Crippen molar-refractivity contribution in [2.45, 2.75) is 24.9 Å². The maximum Gasteiger partial charge on any atom is 0.214 e. The van der Waals surface area contributed by atoms with Gasteiger partial charge >= 0.3 is 0 Å². The van der Waals surface area contributed by atoms with E-state index >= 15 is 0 Å². The summed E-state index contributed by atoms with van der Waals surface area (Å²) in [6.07, 6.45) is 0.379. The van der Waals surface area contributed by atoms with E-state index in [-0.39, 0.29) is 6.10 Å². The summed E-state index contributed by atoms with van der Waals surface area (Å²) in [6, 6.07) is 14.1. The molecule has 0 aliphatic carbocycles. The summed E-state index contributed by atoms with van der Waals surface area (Å²) in [5.74, 6) is 0.849. The van der Waals surface area contributed by atoms with Crippen LogP contribution < -0.4 is 9.47 Å². The predicted octanol–water partition coefficient (Wildman–Crippen LogP) is 3.24. The molecule has 2 atom stereocenters. The quantitative estimate of drug-likeness (QED) is 0.853. The van der Waals surface area contributed by atoms with Gasteiger partial charge in [0.2, 0.25) is 5.79 Å². The molecule has 4 rings (SSSR count). The summed E-state index contributed by atoms with van der Waals surface area (Å²) >= 11 is 0. The molecule has 0 fully saturated rings. The molecule has 4 heteroatoms. The highest BCUT2D eigenvalue weighted by Gasteiger charge is 2.50. The highest BCUT2D eigenvalue weighted by molar-refractivity contribution is 5.45. The molecule has 0 aromatic heterocycles. The summed E-state index contributed by atoms with van der Waals surface area (Å²) in [5, 5.41) is 0. The second kappa shape index (κ2) is 5.00. The Bertz CT molecular complexity index is 712. The lowest BCUT2D eigenvalue weighted by molar-refractivity contribution is -0.287. The highest BCUT2D eigenvalue weighted by atomic mass is 16.7. The van der Waals surface area contributed by atoms with Crippen molar-refractivity contribution in [1.29, 1.82) is 0 Å². The minimum Gasteiger partial charge on any atom is -0.497 e. The average Bonchev–Trinajstić information content (AvgIpc) is 2.59. The van der Waals surface area contributed by atoms with Gasteiger partial charge in [-0.1, -0.05) is 30.3 Å². The van der Waals surface area contributed by atoms with Gasteiger partial charge in [-0.15, -0.1) is 0 Å². The number of methoxy groups -OCH3 is 2. The molecule has 0 radical (unpaired) electrons. The number of rotatable bonds is 2. The van der Waals surface area contributed by atoms with Crippen LogP contribution in [0.15, 0.2) is 42.5 Å². The Kier molecular flexibility index (Phi) is 3.10. The van der Waals surface area contributed by atoms with Crippen LogP contribution in [0.1, 0.15) is 22.8 Å². The number of hydrogen-bond acceptors (Lipinski definition) is 4. The molecule has 2 aromatic carbocycles. The van der Waals surface area contributed by atoms with Crippen LogP contribution in [0.5, 0.6) is 11.5 Å². The zero-order valence-electron chi connectivity index (χ0n) is 12.7. The zero-order chi connectivity index (χ0) is 15.2. The third-order valence-electron chi connectivity index (χ3n) is 4.51. The van der Waals surface area contributed by atoms with Gasteiger partial charge in [0.05, 0.1) is 13.7 Å². The van der Waals surface area contributed by atoms with Gasteiger partial charge in [0, 0.05) is 25.2 Å². The van der Waals surface area contributed by atoms with Crippen LogP contribution in [0, 0.1) is 0 Å². The van der Waals surface area contributed by atoms with Crippen LogP contribution in [0.25, 0.3) is 0 Å². The molecular weight excluding hydrogens is 280 g/mol. The highest BCUT2D eigenvalue weighted by Crippen LogP contribution is 2.48. The lowest BCUT2D eigenvalue weighted by Crippen LogP contribution is -2.50. The fourth-order valence-electron chi connectivity index (χ4n) is 3.28. The summed E-state index contributed by atoms with van der Waals surface area (Å²) in [5.41, 5.74) is 3.34. The fourth-order valence-corrected chi connectivity index (χ4v) is 3.28. The molecule has 2 aromatic rings. The topological polar surface area (TPSA) is 36.9 Å². The van der Waals surface area contributed by atoms with Crippen molar-refractivity contribution >= 4 is 0 Å². The van der Waals surface area contributed by atoms with Crippen LogP contribution in [-0.4, -0.2) is 20.0 Å². The Morgan fingerprint density at radius 1 is 1.09 bits per heavy atom. The van der Waals surface area contributed by atoms with E-state index in [1.807, 2.05) is 30.3 Å². The number of hydrogen-bond donors (Lipinski definition) is 0. The van der Waals surface area contributed by atoms with Gasteiger partial charge in [0.25, 0.3) is 0 Å². The molecule has 2 heterocycles. The normalized spacial score (nSPS) is 25.5. The lowest BCUT2D eigenvalue weighted by atomic mass is 9.87. The van der Waals surface area contributed by atoms with Crippen molar-refractivity contribution in [1.82, 2.24) is 0 Å². The Morgan fingerprint density at radius 2 is 1.95 bits per heavy atom. The summed E-state index contributed by atoms with van der Waals surface area (Å²) < 4.78 is 23.4. The van der Waals surface area contributed by atoms with Gasteiger partial charge in [0.15, 0.2) is 6.10 Å². The first-order valence-electron chi connectivity index (χ1n) is 7.36. The fraction of sp³-hybridized carbons (Fsp3) is 0.333. The molecule has 2 unspecified atom stereocenters. The Balaban J connectivity index is 1.82. The predicted molar refractivity (Wildman–Crippen MR) is 81.0 cm³/mol. The van der Waals surface area contributed by atoms with Crippen molar-refractivity contribution in [2.24, 2.45) is 0 Å². The van der Waals surface area contributed by atoms with E-state index in [0.717, 1.165) is 28.2 Å². The van der Waals surface area contributed by atoms with Crippen LogP contribution in [0.2, 0.25) is 0 Å². The number of benzene rings is 2. The van der Waals surface area contributed by atoms with E-state index in [2.05, 4.69) is 12.1 Å². The van der Waals surface area contributed by atoms with E-state index < -0.39 is 5.79 Å². The van der Waals surface area contributed by atoms with E-state index in [1.165, 1.54) is 0 Å². The molecule has 0 amide bonds. The molecule has 22 heavy (non-hydrogen) atoms. The van der Waals surface area contributed by atoms with Crippen LogP contribution in [-0.2, 0) is 22.5 Å². The van der Waals surface area contributed by atoms with Crippen LogP contribution in [0.3, 0.4) is 0 Å². The molecular formula is C18H18O4. The molecule has 0 saturated heterocycles. The maximum atomic E-state index is 6.27. The first kappa shape index (κ1) is 13.6. The maximum absolute atomic E-state index is 6.27. The smallest absolute Gasteiger partial charge is 0.214 e. The standard InChI is InChI=1S/C18H18O4/c1-19-14-8-7-12-10-18(20-2)17(22-16(12)9-14)15-6-4-3-5-13(15)11-21-18/h3-9,17H,10-11H2,1-2H3. The second-order valence-corrected chi connectivity index (χ2v) is 5.65. The molecule has 4 nitrogen and oxygen atoms in total. The van der Waals surface area contributed by atoms with Crippen molar-refractivity contribution in [3.05, 3.63) is 59.2 Å². The lowest BCUT2D eigenvalue weighted by Gasteiger charge is -2.46. The Labute approximate surface area is 129 Å². The van der Waals surface area contributed by atoms with Crippen molar-refractivity contribution in [3.63, 3.8) is 0 Å². The third kappa shape index (κ3) is 1.91. The van der Waals surface area contributed by atoms with E-state index in [9.17, 15) is 0 Å². The van der Waals surface area contributed by atoms with Crippen molar-refractivity contribution in [3.8, 4) is 11.5 Å². The molecule has 2 aliphatic rings.